The molecule has 1 fully saturated rings. The molecule has 0 aliphatic carbocycles. The van der Waals surface area contributed by atoms with Crippen molar-refractivity contribution in [2.24, 2.45) is 0 Å². The number of hydrogen-bond acceptors (Lipinski definition) is 4. The minimum Gasteiger partial charge on any atom is -0.447 e. The Morgan fingerprint density at radius 1 is 1.29 bits per heavy atom. The number of thiol groups is 1. The predicted octanol–water partition coefficient (Wildman–Crippen LogP) is 3.54. The molecule has 2 rings (SSSR count). The van der Waals surface area contributed by atoms with E-state index in [1.165, 1.54) is 4.90 Å². The van der Waals surface area contributed by atoms with Gasteiger partial charge in [-0.2, -0.15) is 12.6 Å². The highest BCUT2D eigenvalue weighted by molar-refractivity contribution is 7.81. The molecule has 0 saturated carbocycles. The summed E-state index contributed by atoms with van der Waals surface area (Å²) in [6.07, 6.45) is -0.0835. The predicted molar refractivity (Wildman–Crippen MR) is 85.5 cm³/mol. The van der Waals surface area contributed by atoms with E-state index < -0.39 is 23.5 Å². The van der Waals surface area contributed by atoms with Crippen molar-refractivity contribution in [3.05, 3.63) is 35.1 Å². The summed E-state index contributed by atoms with van der Waals surface area (Å²) in [4.78, 5) is 13.6. The van der Waals surface area contributed by atoms with Crippen LogP contribution in [0.3, 0.4) is 0 Å². The van der Waals surface area contributed by atoms with Gasteiger partial charge in [-0.05, 0) is 26.3 Å². The van der Waals surface area contributed by atoms with Crippen LogP contribution in [0, 0.1) is 17.5 Å². The quantitative estimate of drug-likeness (QED) is 0.642. The van der Waals surface area contributed by atoms with E-state index in [-0.39, 0.29) is 36.2 Å². The smallest absolute Gasteiger partial charge is 0.410 e. The number of rotatable bonds is 5. The van der Waals surface area contributed by atoms with Gasteiger partial charge < -0.3 is 14.4 Å². The van der Waals surface area contributed by atoms with Crippen molar-refractivity contribution < 1.29 is 27.4 Å². The maximum Gasteiger partial charge on any atom is 0.410 e. The minimum absolute atomic E-state index is 0.00156. The summed E-state index contributed by atoms with van der Waals surface area (Å²) in [7, 11) is 0. The molecular weight excluding hydrogens is 343 g/mol. The van der Waals surface area contributed by atoms with Gasteiger partial charge in [-0.1, -0.05) is 0 Å². The molecule has 1 aromatic carbocycles. The average Bonchev–Trinajstić information content (AvgIpc) is 2.85. The van der Waals surface area contributed by atoms with Crippen molar-refractivity contribution in [3.8, 4) is 0 Å². The third kappa shape index (κ3) is 4.80. The first-order chi connectivity index (χ1) is 11.3. The Kier molecular flexibility index (Phi) is 6.40. The number of carbonyl (C=O) groups excluding carboxylic acids is 1. The van der Waals surface area contributed by atoms with Gasteiger partial charge in [-0.15, -0.1) is 0 Å². The molecule has 1 saturated heterocycles. The molecule has 1 aliphatic rings. The van der Waals surface area contributed by atoms with Crippen molar-refractivity contribution >= 4 is 18.7 Å². The molecular formula is C16H20F3NO3S. The summed E-state index contributed by atoms with van der Waals surface area (Å²) in [5, 5.41) is -0.00156. The molecule has 4 nitrogen and oxygen atoms in total. The lowest BCUT2D eigenvalue weighted by molar-refractivity contribution is 0.0402. The molecule has 1 aliphatic heterocycles. The standard InChI is InChI=1S/C16H20F3NO3S/c1-9(2)23-16(21)20-6-12(24)4-11(20)8-22-7-10-3-14(18)15(19)5-13(10)17/h3,5,9,11-12,24H,4,6-8H2,1-2H3/t11-,12+/m0/s1. The average molecular weight is 363 g/mol. The van der Waals surface area contributed by atoms with Gasteiger partial charge in [0.05, 0.1) is 25.4 Å². The van der Waals surface area contributed by atoms with Crippen LogP contribution in [0.15, 0.2) is 12.1 Å². The lowest BCUT2D eigenvalue weighted by Crippen LogP contribution is -2.39. The number of amides is 1. The Hall–Kier alpha value is -1.41. The number of hydrogen-bond donors (Lipinski definition) is 1. The van der Waals surface area contributed by atoms with Crippen LogP contribution in [-0.4, -0.2) is 41.5 Å². The van der Waals surface area contributed by atoms with E-state index in [0.717, 1.165) is 6.07 Å². The highest BCUT2D eigenvalue weighted by Gasteiger charge is 2.35. The second-order valence-corrected chi connectivity index (χ2v) is 6.73. The highest BCUT2D eigenvalue weighted by atomic mass is 32.1. The van der Waals surface area contributed by atoms with Crippen LogP contribution in [-0.2, 0) is 16.1 Å². The van der Waals surface area contributed by atoms with Gasteiger partial charge in [-0.25, -0.2) is 18.0 Å². The number of carbonyl (C=O) groups is 1. The number of ether oxygens (including phenoxy) is 2. The third-order valence-corrected chi connectivity index (χ3v) is 3.99. The van der Waals surface area contributed by atoms with Gasteiger partial charge in [0.2, 0.25) is 0 Å². The van der Waals surface area contributed by atoms with Crippen LogP contribution in [0.25, 0.3) is 0 Å². The first-order valence-electron chi connectivity index (χ1n) is 7.64. The summed E-state index contributed by atoms with van der Waals surface area (Å²) < 4.78 is 50.2. The summed E-state index contributed by atoms with van der Waals surface area (Å²) in [5.41, 5.74) is -0.0781. The number of halogens is 3. The van der Waals surface area contributed by atoms with Crippen LogP contribution in [0.1, 0.15) is 25.8 Å². The molecule has 0 radical (unpaired) electrons. The fourth-order valence-electron chi connectivity index (χ4n) is 2.52. The van der Waals surface area contributed by atoms with Crippen molar-refractivity contribution in [2.45, 2.75) is 44.3 Å². The van der Waals surface area contributed by atoms with Gasteiger partial charge in [0, 0.05) is 23.4 Å². The van der Waals surface area contributed by atoms with Crippen LogP contribution in [0.4, 0.5) is 18.0 Å². The third-order valence-electron chi connectivity index (χ3n) is 3.62. The number of likely N-dealkylation sites (tertiary alicyclic amines) is 1. The van der Waals surface area contributed by atoms with E-state index >= 15 is 0 Å². The van der Waals surface area contributed by atoms with Crippen LogP contribution in [0.2, 0.25) is 0 Å². The van der Waals surface area contributed by atoms with Gasteiger partial charge in [0.15, 0.2) is 11.6 Å². The first kappa shape index (κ1) is 18.9. The molecule has 0 bridgehead atoms. The number of benzene rings is 1. The van der Waals surface area contributed by atoms with E-state index in [9.17, 15) is 18.0 Å². The zero-order valence-corrected chi connectivity index (χ0v) is 14.4. The molecule has 0 spiro atoms. The molecule has 0 N–H and O–H groups in total. The van der Waals surface area contributed by atoms with Gasteiger partial charge in [-0.3, -0.25) is 0 Å². The fourth-order valence-corrected chi connectivity index (χ4v) is 2.94. The van der Waals surface area contributed by atoms with E-state index in [1.807, 2.05) is 0 Å². The van der Waals surface area contributed by atoms with Crippen molar-refractivity contribution in [3.63, 3.8) is 0 Å². The van der Waals surface area contributed by atoms with Crippen molar-refractivity contribution in [2.75, 3.05) is 13.2 Å². The Bertz CT molecular complexity index is 600. The molecule has 134 valence electrons. The van der Waals surface area contributed by atoms with E-state index in [1.54, 1.807) is 13.8 Å². The molecule has 24 heavy (non-hydrogen) atoms. The Morgan fingerprint density at radius 2 is 1.96 bits per heavy atom. The minimum atomic E-state index is -1.24. The monoisotopic (exact) mass is 363 g/mol. The second kappa shape index (κ2) is 8.11. The Labute approximate surface area is 144 Å². The molecule has 1 heterocycles. The Balaban J connectivity index is 1.93. The van der Waals surface area contributed by atoms with E-state index in [4.69, 9.17) is 9.47 Å². The largest absolute Gasteiger partial charge is 0.447 e. The topological polar surface area (TPSA) is 38.8 Å². The lowest BCUT2D eigenvalue weighted by Gasteiger charge is -2.24. The second-order valence-electron chi connectivity index (χ2n) is 6.00. The summed E-state index contributed by atoms with van der Waals surface area (Å²) in [6.45, 7) is 3.85. The molecule has 2 atom stereocenters. The van der Waals surface area contributed by atoms with Crippen LogP contribution in [0.5, 0.6) is 0 Å². The van der Waals surface area contributed by atoms with Gasteiger partial charge >= 0.3 is 6.09 Å². The van der Waals surface area contributed by atoms with E-state index in [0.29, 0.717) is 19.0 Å². The van der Waals surface area contributed by atoms with Crippen molar-refractivity contribution in [1.29, 1.82) is 0 Å². The lowest BCUT2D eigenvalue weighted by atomic mass is 10.2. The zero-order chi connectivity index (χ0) is 17.9. The number of nitrogens with zero attached hydrogens (tertiary/aromatic N) is 1. The maximum absolute atomic E-state index is 13.6. The summed E-state index contributed by atoms with van der Waals surface area (Å²) in [6, 6.07) is 0.998. The first-order valence-corrected chi connectivity index (χ1v) is 8.16. The summed E-state index contributed by atoms with van der Waals surface area (Å²) in [5.74, 6) is -3.25. The molecule has 1 amide bonds. The molecule has 0 unspecified atom stereocenters. The van der Waals surface area contributed by atoms with Crippen LogP contribution >= 0.6 is 12.6 Å². The fraction of sp³-hybridized carbons (Fsp3) is 0.562. The summed E-state index contributed by atoms with van der Waals surface area (Å²) >= 11 is 4.37. The van der Waals surface area contributed by atoms with Gasteiger partial charge in [0.25, 0.3) is 0 Å². The highest BCUT2D eigenvalue weighted by Crippen LogP contribution is 2.24. The van der Waals surface area contributed by atoms with Gasteiger partial charge in [0.1, 0.15) is 5.82 Å². The zero-order valence-electron chi connectivity index (χ0n) is 13.5. The maximum atomic E-state index is 13.6. The van der Waals surface area contributed by atoms with Crippen molar-refractivity contribution in [1.82, 2.24) is 4.90 Å². The molecule has 8 heteroatoms. The van der Waals surface area contributed by atoms with E-state index in [2.05, 4.69) is 12.6 Å². The normalized spacial score (nSPS) is 20.7. The molecule has 1 aromatic rings. The Morgan fingerprint density at radius 3 is 2.62 bits per heavy atom. The SMILES string of the molecule is CC(C)OC(=O)N1C[C@H](S)C[C@H]1COCc1cc(F)c(F)cc1F. The van der Waals surface area contributed by atoms with Crippen LogP contribution < -0.4 is 0 Å². The molecule has 0 aromatic heterocycles.